The van der Waals surface area contributed by atoms with Crippen molar-refractivity contribution in [3.63, 3.8) is 0 Å². The Balaban J connectivity index is 2.82. The molecular weight excluding hydrogens is 470 g/mol. The van der Waals surface area contributed by atoms with Crippen LogP contribution in [-0.2, 0) is 39.1 Å². The molecule has 0 radical (unpaired) electrons. The van der Waals surface area contributed by atoms with Crippen LogP contribution >= 0.6 is 7.60 Å². The van der Waals surface area contributed by atoms with Gasteiger partial charge in [0.25, 0.3) is 5.56 Å². The first kappa shape index (κ1) is 28.1. The summed E-state index contributed by atoms with van der Waals surface area (Å²) in [4.78, 5) is 48.0. The maximum atomic E-state index is 13.3. The number of halogens is 1. The van der Waals surface area contributed by atoms with Gasteiger partial charge >= 0.3 is 25.6 Å². The molecule has 33 heavy (non-hydrogen) atoms. The van der Waals surface area contributed by atoms with Gasteiger partial charge in [0, 0.05) is 6.54 Å². The number of hydrogen-bond donors (Lipinski definition) is 1. The van der Waals surface area contributed by atoms with Crippen molar-refractivity contribution in [2.75, 3.05) is 19.7 Å². The van der Waals surface area contributed by atoms with E-state index in [9.17, 15) is 28.1 Å². The minimum Gasteiger partial charge on any atom is -0.407 e. The van der Waals surface area contributed by atoms with Gasteiger partial charge in [-0.2, -0.15) is 4.39 Å². The molecule has 0 aromatic carbocycles. The van der Waals surface area contributed by atoms with Crippen molar-refractivity contribution in [2.45, 2.75) is 46.4 Å². The maximum Gasteiger partial charge on any atom is 0.517 e. The average Bonchev–Trinajstić information content (AvgIpc) is 2.68. The van der Waals surface area contributed by atoms with Gasteiger partial charge in [-0.1, -0.05) is 12.2 Å². The van der Waals surface area contributed by atoms with Crippen LogP contribution in [-0.4, -0.2) is 53.8 Å². The second-order valence-corrected chi connectivity index (χ2v) is 8.74. The number of aromatic nitrogens is 2. The molecule has 0 aliphatic rings. The number of aromatic amines is 1. The molecular formula is C18H26FN2O11P. The number of hydrogen-bond acceptors (Lipinski definition) is 11. The number of nitrogens with zero attached hydrogens (tertiary/aromatic N) is 1. The van der Waals surface area contributed by atoms with Crippen LogP contribution in [0.3, 0.4) is 0 Å². The van der Waals surface area contributed by atoms with Gasteiger partial charge in [0.15, 0.2) is 13.6 Å². The zero-order valence-corrected chi connectivity index (χ0v) is 19.4. The highest BCUT2D eigenvalue weighted by molar-refractivity contribution is 7.55. The molecule has 0 unspecified atom stereocenters. The highest BCUT2D eigenvalue weighted by Crippen LogP contribution is 2.49. The Morgan fingerprint density at radius 3 is 2.03 bits per heavy atom. The number of nitrogens with one attached hydrogen (secondary N) is 1. The molecule has 13 nitrogen and oxygen atoms in total. The van der Waals surface area contributed by atoms with Crippen LogP contribution in [0.2, 0.25) is 0 Å². The van der Waals surface area contributed by atoms with Crippen molar-refractivity contribution in [3.05, 3.63) is 45.0 Å². The van der Waals surface area contributed by atoms with Gasteiger partial charge in [-0.05, 0) is 27.7 Å². The number of ether oxygens (including phenoxy) is 4. The summed E-state index contributed by atoms with van der Waals surface area (Å²) < 4.78 is 55.5. The summed E-state index contributed by atoms with van der Waals surface area (Å²) in [6.45, 7) is 5.49. The van der Waals surface area contributed by atoms with E-state index >= 15 is 0 Å². The number of carbonyl (C=O) groups is 2. The zero-order chi connectivity index (χ0) is 25.0. The molecule has 0 saturated carbocycles. The van der Waals surface area contributed by atoms with E-state index in [1.165, 1.54) is 6.08 Å². The van der Waals surface area contributed by atoms with Crippen molar-refractivity contribution >= 4 is 19.9 Å². The Morgan fingerprint density at radius 2 is 1.55 bits per heavy atom. The third kappa shape index (κ3) is 11.5. The SMILES string of the molecule is CC(C)OCOC(=O)OP(=O)(C/C=C/Cn1cc(F)c(=O)[nH]c1=O)OC(=O)OCOC(C)C. The lowest BCUT2D eigenvalue weighted by Crippen LogP contribution is -2.31. The Kier molecular flexibility index (Phi) is 11.5. The largest absolute Gasteiger partial charge is 0.517 e. The highest BCUT2D eigenvalue weighted by Gasteiger charge is 2.33. The standard InChI is InChI=1S/C18H26FN2O11P/c1-12(2)27-10-29-17(24)31-33(26,32-18(25)30-11-28-13(3)4)8-6-5-7-21-9-14(19)15(22)20-16(21)23/h5-6,9,12-13H,7-8,10-11H2,1-4H3,(H,20,22,23)/b6-5+. The van der Waals surface area contributed by atoms with Gasteiger partial charge in [0.1, 0.15) is 0 Å². The fourth-order valence-electron chi connectivity index (χ4n) is 1.82. The molecule has 0 aliphatic carbocycles. The monoisotopic (exact) mass is 496 g/mol. The molecule has 0 aliphatic heterocycles. The minimum atomic E-state index is -4.48. The molecule has 0 spiro atoms. The van der Waals surface area contributed by atoms with E-state index < -0.39 is 56.7 Å². The molecule has 1 aromatic rings. The first-order valence-corrected chi connectivity index (χ1v) is 11.3. The zero-order valence-electron chi connectivity index (χ0n) is 18.5. The number of H-pyrrole nitrogens is 1. The van der Waals surface area contributed by atoms with Crippen molar-refractivity contribution in [1.82, 2.24) is 9.55 Å². The van der Waals surface area contributed by atoms with Gasteiger partial charge in [0.05, 0.1) is 24.6 Å². The molecule has 15 heteroatoms. The second-order valence-electron chi connectivity index (χ2n) is 6.79. The molecule has 1 aromatic heterocycles. The highest BCUT2D eigenvalue weighted by atomic mass is 31.2. The summed E-state index contributed by atoms with van der Waals surface area (Å²) in [6, 6.07) is 0. The predicted molar refractivity (Wildman–Crippen MR) is 110 cm³/mol. The summed E-state index contributed by atoms with van der Waals surface area (Å²) >= 11 is 0. The summed E-state index contributed by atoms with van der Waals surface area (Å²) in [6.07, 6.45) is -0.966. The van der Waals surface area contributed by atoms with Crippen molar-refractivity contribution in [1.29, 1.82) is 0 Å². The molecule has 0 amide bonds. The van der Waals surface area contributed by atoms with Crippen LogP contribution in [0.4, 0.5) is 14.0 Å². The Hall–Kier alpha value is -2.96. The van der Waals surface area contributed by atoms with E-state index in [1.54, 1.807) is 32.7 Å². The third-order valence-corrected chi connectivity index (χ3v) is 4.86. The van der Waals surface area contributed by atoms with Crippen molar-refractivity contribution in [3.8, 4) is 0 Å². The summed E-state index contributed by atoms with van der Waals surface area (Å²) in [5, 5.41) is 0. The molecule has 1 rings (SSSR count). The topological polar surface area (TPSA) is 161 Å². The molecule has 0 fully saturated rings. The van der Waals surface area contributed by atoms with E-state index in [0.29, 0.717) is 6.20 Å². The first-order valence-electron chi connectivity index (χ1n) is 9.61. The van der Waals surface area contributed by atoms with Crippen LogP contribution in [0.25, 0.3) is 0 Å². The van der Waals surface area contributed by atoms with Crippen LogP contribution in [0.1, 0.15) is 27.7 Å². The molecule has 0 atom stereocenters. The first-order chi connectivity index (χ1) is 15.4. The minimum absolute atomic E-state index is 0.244. The van der Waals surface area contributed by atoms with Crippen molar-refractivity contribution < 1.29 is 46.5 Å². The summed E-state index contributed by atoms with van der Waals surface area (Å²) in [5.74, 6) is -1.18. The normalized spacial score (nSPS) is 11.7. The summed E-state index contributed by atoms with van der Waals surface area (Å²) in [7, 11) is -4.48. The van der Waals surface area contributed by atoms with Gasteiger partial charge in [0.2, 0.25) is 5.82 Å². The molecule has 186 valence electrons. The number of allylic oxidation sites excluding steroid dienone is 2. The van der Waals surface area contributed by atoms with Gasteiger partial charge < -0.3 is 28.0 Å². The van der Waals surface area contributed by atoms with E-state index in [4.69, 9.17) is 9.47 Å². The van der Waals surface area contributed by atoms with E-state index in [2.05, 4.69) is 18.5 Å². The quantitative estimate of drug-likeness (QED) is 0.196. The van der Waals surface area contributed by atoms with Crippen molar-refractivity contribution in [2.24, 2.45) is 0 Å². The molecule has 0 bridgehead atoms. The Bertz CT molecular complexity index is 954. The number of carbonyl (C=O) groups excluding carboxylic acids is 2. The Labute approximate surface area is 187 Å². The van der Waals surface area contributed by atoms with Crippen LogP contribution < -0.4 is 11.2 Å². The fraction of sp³-hybridized carbons (Fsp3) is 0.556. The van der Waals surface area contributed by atoms with Crippen LogP contribution in [0, 0.1) is 5.82 Å². The van der Waals surface area contributed by atoms with Gasteiger partial charge in [-0.3, -0.25) is 14.3 Å². The van der Waals surface area contributed by atoms with E-state index in [-0.39, 0.29) is 18.8 Å². The maximum absolute atomic E-state index is 13.3. The van der Waals surface area contributed by atoms with Gasteiger partial charge in [-0.25, -0.2) is 18.9 Å². The van der Waals surface area contributed by atoms with E-state index in [1.807, 2.05) is 0 Å². The molecule has 1 N–H and O–H groups in total. The van der Waals surface area contributed by atoms with Gasteiger partial charge in [-0.15, -0.1) is 0 Å². The lowest BCUT2D eigenvalue weighted by molar-refractivity contribution is -0.0602. The summed E-state index contributed by atoms with van der Waals surface area (Å²) in [5.41, 5.74) is -2.06. The average molecular weight is 496 g/mol. The molecule has 0 saturated heterocycles. The predicted octanol–water partition coefficient (Wildman–Crippen LogP) is 2.50. The lowest BCUT2D eigenvalue weighted by Gasteiger charge is -2.17. The Morgan fingerprint density at radius 1 is 1.03 bits per heavy atom. The van der Waals surface area contributed by atoms with E-state index in [0.717, 1.165) is 10.6 Å². The number of rotatable bonds is 12. The smallest absolute Gasteiger partial charge is 0.407 e. The molecule has 1 heterocycles. The van der Waals surface area contributed by atoms with Crippen LogP contribution in [0.5, 0.6) is 0 Å². The lowest BCUT2D eigenvalue weighted by atomic mass is 10.5. The fourth-order valence-corrected chi connectivity index (χ4v) is 2.97. The second kappa shape index (κ2) is 13.6. The van der Waals surface area contributed by atoms with Crippen LogP contribution in [0.15, 0.2) is 27.9 Å². The third-order valence-electron chi connectivity index (χ3n) is 3.35.